The maximum absolute atomic E-state index is 11.7. The molecule has 0 fully saturated rings. The Labute approximate surface area is 142 Å². The van der Waals surface area contributed by atoms with Gasteiger partial charge in [-0.2, -0.15) is 0 Å². The normalized spacial score (nSPS) is 10.0. The van der Waals surface area contributed by atoms with Crippen molar-refractivity contribution in [1.29, 1.82) is 0 Å². The van der Waals surface area contributed by atoms with E-state index in [4.69, 9.17) is 4.74 Å². The summed E-state index contributed by atoms with van der Waals surface area (Å²) in [5.74, 6) is -0.0886. The van der Waals surface area contributed by atoms with Gasteiger partial charge in [0.1, 0.15) is 6.61 Å². The highest BCUT2D eigenvalue weighted by Gasteiger charge is 2.05. The van der Waals surface area contributed by atoms with E-state index in [1.165, 1.54) is 5.56 Å². The van der Waals surface area contributed by atoms with Gasteiger partial charge in [0, 0.05) is 19.5 Å². The second kappa shape index (κ2) is 10.0. The summed E-state index contributed by atoms with van der Waals surface area (Å²) in [4.78, 5) is 23.2. The predicted molar refractivity (Wildman–Crippen MR) is 92.4 cm³/mol. The molecule has 0 aromatic heterocycles. The Morgan fingerprint density at radius 3 is 2.08 bits per heavy atom. The van der Waals surface area contributed by atoms with Crippen LogP contribution in [0.15, 0.2) is 60.7 Å². The molecule has 0 saturated heterocycles. The van der Waals surface area contributed by atoms with Gasteiger partial charge in [0.2, 0.25) is 5.91 Å². The molecule has 2 N–H and O–H groups in total. The first-order valence-electron chi connectivity index (χ1n) is 7.99. The molecule has 0 atom stereocenters. The van der Waals surface area contributed by atoms with Crippen molar-refractivity contribution < 1.29 is 14.3 Å². The zero-order valence-corrected chi connectivity index (χ0v) is 13.5. The molecule has 2 rings (SSSR count). The van der Waals surface area contributed by atoms with Crippen LogP contribution in [0.25, 0.3) is 0 Å². The Hall–Kier alpha value is -2.82. The lowest BCUT2D eigenvalue weighted by Gasteiger charge is -2.08. The van der Waals surface area contributed by atoms with E-state index in [1.54, 1.807) is 0 Å². The van der Waals surface area contributed by atoms with Gasteiger partial charge in [-0.1, -0.05) is 60.7 Å². The van der Waals surface area contributed by atoms with Crippen molar-refractivity contribution in [2.45, 2.75) is 19.4 Å². The van der Waals surface area contributed by atoms with E-state index in [-0.39, 0.29) is 25.5 Å². The summed E-state index contributed by atoms with van der Waals surface area (Å²) in [5.41, 5.74) is 2.10. The molecule has 0 bridgehead atoms. The fourth-order valence-electron chi connectivity index (χ4n) is 2.13. The standard InChI is InChI=1S/C19H22N2O3/c22-18(20-13-11-16-7-3-1-4-8-16)12-14-21-19(23)24-15-17-9-5-2-6-10-17/h1-10H,11-15H2,(H,20,22)(H,21,23). The molecule has 24 heavy (non-hydrogen) atoms. The average molecular weight is 326 g/mol. The number of alkyl carbamates (subject to hydrolysis) is 1. The molecular formula is C19H22N2O3. The van der Waals surface area contributed by atoms with Crippen LogP contribution in [0, 0.1) is 0 Å². The van der Waals surface area contributed by atoms with E-state index < -0.39 is 6.09 Å². The van der Waals surface area contributed by atoms with Crippen molar-refractivity contribution in [3.8, 4) is 0 Å². The van der Waals surface area contributed by atoms with Crippen LogP contribution in [0.4, 0.5) is 4.79 Å². The number of carbonyl (C=O) groups excluding carboxylic acids is 2. The maximum Gasteiger partial charge on any atom is 0.407 e. The van der Waals surface area contributed by atoms with Gasteiger partial charge in [-0.05, 0) is 17.5 Å². The zero-order valence-electron chi connectivity index (χ0n) is 13.5. The van der Waals surface area contributed by atoms with E-state index >= 15 is 0 Å². The van der Waals surface area contributed by atoms with Gasteiger partial charge in [-0.15, -0.1) is 0 Å². The fraction of sp³-hybridized carbons (Fsp3) is 0.263. The fourth-order valence-corrected chi connectivity index (χ4v) is 2.13. The van der Waals surface area contributed by atoms with Gasteiger partial charge in [0.15, 0.2) is 0 Å². The first kappa shape index (κ1) is 17.5. The number of rotatable bonds is 8. The van der Waals surface area contributed by atoms with Crippen LogP contribution >= 0.6 is 0 Å². The monoisotopic (exact) mass is 326 g/mol. The summed E-state index contributed by atoms with van der Waals surface area (Å²) in [6, 6.07) is 19.4. The van der Waals surface area contributed by atoms with Crippen LogP contribution in [0.2, 0.25) is 0 Å². The summed E-state index contributed by atoms with van der Waals surface area (Å²) in [5, 5.41) is 5.40. The third-order valence-electron chi connectivity index (χ3n) is 3.41. The van der Waals surface area contributed by atoms with Crippen molar-refractivity contribution >= 4 is 12.0 Å². The molecular weight excluding hydrogens is 304 g/mol. The van der Waals surface area contributed by atoms with Crippen molar-refractivity contribution in [1.82, 2.24) is 10.6 Å². The van der Waals surface area contributed by atoms with Crippen LogP contribution in [0.1, 0.15) is 17.5 Å². The minimum absolute atomic E-state index is 0.0886. The number of hydrogen-bond acceptors (Lipinski definition) is 3. The molecule has 0 radical (unpaired) electrons. The molecule has 2 aromatic carbocycles. The number of ether oxygens (including phenoxy) is 1. The summed E-state index contributed by atoms with van der Waals surface area (Å²) in [6.45, 7) is 1.06. The highest BCUT2D eigenvalue weighted by molar-refractivity contribution is 5.76. The minimum atomic E-state index is -0.518. The van der Waals surface area contributed by atoms with Crippen LogP contribution in [-0.2, 0) is 22.6 Å². The van der Waals surface area contributed by atoms with Crippen molar-refractivity contribution in [3.05, 3.63) is 71.8 Å². The molecule has 2 amide bonds. The molecule has 0 heterocycles. The lowest BCUT2D eigenvalue weighted by Crippen LogP contribution is -2.31. The first-order chi connectivity index (χ1) is 11.7. The van der Waals surface area contributed by atoms with Crippen LogP contribution < -0.4 is 10.6 Å². The number of amides is 2. The molecule has 126 valence electrons. The SMILES string of the molecule is O=C(CCNC(=O)OCc1ccccc1)NCCc1ccccc1. The largest absolute Gasteiger partial charge is 0.445 e. The van der Waals surface area contributed by atoms with E-state index in [1.807, 2.05) is 60.7 Å². The Morgan fingerprint density at radius 1 is 0.792 bits per heavy atom. The minimum Gasteiger partial charge on any atom is -0.445 e. The summed E-state index contributed by atoms with van der Waals surface area (Å²) < 4.78 is 5.07. The molecule has 0 aliphatic carbocycles. The van der Waals surface area contributed by atoms with E-state index in [0.29, 0.717) is 6.54 Å². The first-order valence-corrected chi connectivity index (χ1v) is 7.99. The second-order valence-corrected chi connectivity index (χ2v) is 5.32. The topological polar surface area (TPSA) is 67.4 Å². The smallest absolute Gasteiger partial charge is 0.407 e. The highest BCUT2D eigenvalue weighted by Crippen LogP contribution is 2.00. The van der Waals surface area contributed by atoms with Crippen LogP contribution in [0.3, 0.4) is 0 Å². The lowest BCUT2D eigenvalue weighted by atomic mass is 10.1. The van der Waals surface area contributed by atoms with Crippen molar-refractivity contribution in [3.63, 3.8) is 0 Å². The van der Waals surface area contributed by atoms with Crippen LogP contribution in [-0.4, -0.2) is 25.1 Å². The Kier molecular flexibility index (Phi) is 7.34. The molecule has 2 aromatic rings. The molecule has 0 unspecified atom stereocenters. The second-order valence-electron chi connectivity index (χ2n) is 5.32. The van der Waals surface area contributed by atoms with Gasteiger partial charge in [-0.3, -0.25) is 4.79 Å². The maximum atomic E-state index is 11.7. The van der Waals surface area contributed by atoms with Gasteiger partial charge >= 0.3 is 6.09 Å². The lowest BCUT2D eigenvalue weighted by molar-refractivity contribution is -0.120. The average Bonchev–Trinajstić information content (AvgIpc) is 2.62. The number of benzene rings is 2. The number of carbonyl (C=O) groups is 2. The molecule has 0 saturated carbocycles. The summed E-state index contributed by atoms with van der Waals surface area (Å²) in [7, 11) is 0. The highest BCUT2D eigenvalue weighted by atomic mass is 16.5. The zero-order chi connectivity index (χ0) is 17.0. The molecule has 0 aliphatic heterocycles. The molecule has 5 heteroatoms. The van der Waals surface area contributed by atoms with Gasteiger partial charge in [0.05, 0.1) is 0 Å². The van der Waals surface area contributed by atoms with Crippen LogP contribution in [0.5, 0.6) is 0 Å². The predicted octanol–water partition coefficient (Wildman–Crippen LogP) is 2.66. The number of hydrogen-bond donors (Lipinski definition) is 2. The van der Waals surface area contributed by atoms with E-state index in [0.717, 1.165) is 12.0 Å². The third-order valence-corrected chi connectivity index (χ3v) is 3.41. The third kappa shape index (κ3) is 6.96. The van der Waals surface area contributed by atoms with Gasteiger partial charge < -0.3 is 15.4 Å². The number of nitrogens with one attached hydrogen (secondary N) is 2. The Bertz CT molecular complexity index is 630. The van der Waals surface area contributed by atoms with Crippen molar-refractivity contribution in [2.75, 3.05) is 13.1 Å². The summed E-state index contributed by atoms with van der Waals surface area (Å²) in [6.07, 6.45) is 0.505. The molecule has 0 spiro atoms. The molecule has 0 aliphatic rings. The van der Waals surface area contributed by atoms with E-state index in [2.05, 4.69) is 10.6 Å². The Morgan fingerprint density at radius 2 is 1.42 bits per heavy atom. The van der Waals surface area contributed by atoms with Gasteiger partial charge in [-0.25, -0.2) is 4.79 Å². The summed E-state index contributed by atoms with van der Waals surface area (Å²) >= 11 is 0. The quantitative estimate of drug-likeness (QED) is 0.784. The van der Waals surface area contributed by atoms with Gasteiger partial charge in [0.25, 0.3) is 0 Å². The Balaban J connectivity index is 1.53. The molecule has 5 nitrogen and oxygen atoms in total. The van der Waals surface area contributed by atoms with Crippen molar-refractivity contribution in [2.24, 2.45) is 0 Å². The van der Waals surface area contributed by atoms with E-state index in [9.17, 15) is 9.59 Å².